The first-order chi connectivity index (χ1) is 9.19. The van der Waals surface area contributed by atoms with Crippen molar-refractivity contribution in [3.63, 3.8) is 0 Å². The van der Waals surface area contributed by atoms with E-state index in [0.29, 0.717) is 11.3 Å². The van der Waals surface area contributed by atoms with Gasteiger partial charge in [-0.1, -0.05) is 13.0 Å². The molecular weight excluding hydrogens is 258 g/mol. The smallest absolute Gasteiger partial charge is 0.119 e. The minimum Gasteiger partial charge on any atom is -0.497 e. The van der Waals surface area contributed by atoms with Gasteiger partial charge in [0.05, 0.1) is 13.7 Å². The molecule has 0 amide bonds. The molecular formula is C15H23NO2S. The maximum absolute atomic E-state index is 9.24. The van der Waals surface area contributed by atoms with Gasteiger partial charge in [-0.05, 0) is 43.1 Å². The number of aliphatic hydroxyl groups is 1. The largest absolute Gasteiger partial charge is 0.497 e. The second-order valence-corrected chi connectivity index (χ2v) is 6.72. The molecule has 0 bridgehead atoms. The molecule has 0 saturated heterocycles. The maximum Gasteiger partial charge on any atom is 0.119 e. The highest BCUT2D eigenvalue weighted by atomic mass is 32.2. The average Bonchev–Trinajstić information content (AvgIpc) is 2.46. The van der Waals surface area contributed by atoms with Gasteiger partial charge in [0.25, 0.3) is 0 Å². The lowest BCUT2D eigenvalue weighted by Gasteiger charge is -2.34. The Morgan fingerprint density at radius 2 is 2.32 bits per heavy atom. The van der Waals surface area contributed by atoms with E-state index in [-0.39, 0.29) is 11.9 Å². The number of hydrogen-bond acceptors (Lipinski definition) is 4. The van der Waals surface area contributed by atoms with E-state index in [9.17, 15) is 5.11 Å². The molecule has 1 aliphatic rings. The van der Waals surface area contributed by atoms with Gasteiger partial charge in [-0.25, -0.2) is 0 Å². The lowest BCUT2D eigenvalue weighted by molar-refractivity contribution is 0.299. The Morgan fingerprint density at radius 3 is 2.95 bits per heavy atom. The Morgan fingerprint density at radius 1 is 1.53 bits per heavy atom. The fraction of sp³-hybridized carbons (Fsp3) is 0.600. The molecule has 3 atom stereocenters. The molecule has 0 aromatic heterocycles. The van der Waals surface area contributed by atoms with Crippen molar-refractivity contribution in [1.29, 1.82) is 0 Å². The van der Waals surface area contributed by atoms with Crippen LogP contribution in [0.2, 0.25) is 0 Å². The maximum atomic E-state index is 9.24. The van der Waals surface area contributed by atoms with Crippen molar-refractivity contribution in [2.45, 2.75) is 36.3 Å². The van der Waals surface area contributed by atoms with Crippen LogP contribution in [0.5, 0.6) is 5.75 Å². The van der Waals surface area contributed by atoms with E-state index in [0.717, 1.165) is 18.6 Å². The Kier molecular flexibility index (Phi) is 5.13. The molecule has 1 aromatic carbocycles. The molecule has 19 heavy (non-hydrogen) atoms. The molecule has 0 aliphatic heterocycles. The predicted octanol–water partition coefficient (Wildman–Crippen LogP) is 2.38. The molecule has 2 rings (SSSR count). The van der Waals surface area contributed by atoms with Crippen molar-refractivity contribution in [1.82, 2.24) is 5.32 Å². The second kappa shape index (κ2) is 6.64. The second-order valence-electron chi connectivity index (χ2n) is 5.04. The Hall–Kier alpha value is -0.710. The highest BCUT2D eigenvalue weighted by Gasteiger charge is 2.30. The monoisotopic (exact) mass is 281 g/mol. The van der Waals surface area contributed by atoms with E-state index in [1.54, 1.807) is 7.11 Å². The molecule has 4 heteroatoms. The first-order valence-corrected chi connectivity index (χ1v) is 7.74. The normalized spacial score (nSPS) is 23.8. The summed E-state index contributed by atoms with van der Waals surface area (Å²) in [6.45, 7) is 2.32. The SMILES string of the molecule is CNC1c2cc(OC)ccc2CCC1SC(C)CO. The van der Waals surface area contributed by atoms with Gasteiger partial charge in [-0.2, -0.15) is 11.8 Å². The fourth-order valence-corrected chi connectivity index (χ4v) is 4.09. The summed E-state index contributed by atoms with van der Waals surface area (Å²) >= 11 is 1.88. The van der Waals surface area contributed by atoms with E-state index in [1.165, 1.54) is 11.1 Å². The summed E-state index contributed by atoms with van der Waals surface area (Å²) in [5, 5.41) is 13.5. The van der Waals surface area contributed by atoms with Gasteiger partial charge in [0, 0.05) is 16.5 Å². The topological polar surface area (TPSA) is 41.5 Å². The van der Waals surface area contributed by atoms with Crippen molar-refractivity contribution in [3.05, 3.63) is 29.3 Å². The molecule has 3 nitrogen and oxygen atoms in total. The average molecular weight is 281 g/mol. The van der Waals surface area contributed by atoms with Crippen LogP contribution in [0.15, 0.2) is 18.2 Å². The van der Waals surface area contributed by atoms with Crippen molar-refractivity contribution < 1.29 is 9.84 Å². The number of thioether (sulfide) groups is 1. The number of nitrogens with one attached hydrogen (secondary N) is 1. The van der Waals surface area contributed by atoms with E-state index >= 15 is 0 Å². The van der Waals surface area contributed by atoms with Crippen molar-refractivity contribution in [2.24, 2.45) is 0 Å². The zero-order chi connectivity index (χ0) is 13.8. The molecule has 1 aliphatic carbocycles. The van der Waals surface area contributed by atoms with Crippen LogP contribution in [-0.4, -0.2) is 36.4 Å². The lowest BCUT2D eigenvalue weighted by atomic mass is 9.87. The van der Waals surface area contributed by atoms with Crippen LogP contribution in [0, 0.1) is 0 Å². The number of ether oxygens (including phenoxy) is 1. The molecule has 0 fully saturated rings. The molecule has 2 N–H and O–H groups in total. The number of aliphatic hydroxyl groups excluding tert-OH is 1. The highest BCUT2D eigenvalue weighted by molar-refractivity contribution is 8.00. The number of benzene rings is 1. The first kappa shape index (κ1) is 14.7. The molecule has 0 spiro atoms. The number of methoxy groups -OCH3 is 1. The van der Waals surface area contributed by atoms with E-state index in [1.807, 2.05) is 24.9 Å². The van der Waals surface area contributed by atoms with Crippen LogP contribution in [0.25, 0.3) is 0 Å². The van der Waals surface area contributed by atoms with Crippen molar-refractivity contribution in [2.75, 3.05) is 20.8 Å². The number of rotatable bonds is 5. The van der Waals surface area contributed by atoms with Crippen LogP contribution in [0.3, 0.4) is 0 Å². The van der Waals surface area contributed by atoms with Crippen molar-refractivity contribution >= 4 is 11.8 Å². The third-order valence-electron chi connectivity index (χ3n) is 3.73. The molecule has 0 heterocycles. The van der Waals surface area contributed by atoms with E-state index in [2.05, 4.69) is 24.4 Å². The summed E-state index contributed by atoms with van der Waals surface area (Å²) in [7, 11) is 3.72. The quantitative estimate of drug-likeness (QED) is 0.869. The fourth-order valence-electron chi connectivity index (χ4n) is 2.71. The summed E-state index contributed by atoms with van der Waals surface area (Å²) in [6.07, 6.45) is 2.26. The third-order valence-corrected chi connectivity index (χ3v) is 5.20. The number of fused-ring (bicyclic) bond motifs is 1. The zero-order valence-corrected chi connectivity index (χ0v) is 12.7. The number of aryl methyl sites for hydroxylation is 1. The van der Waals surface area contributed by atoms with Crippen LogP contribution in [-0.2, 0) is 6.42 Å². The minimum atomic E-state index is 0.239. The third kappa shape index (κ3) is 3.25. The molecule has 106 valence electrons. The van der Waals surface area contributed by atoms with Gasteiger partial charge < -0.3 is 15.2 Å². The molecule has 0 radical (unpaired) electrons. The summed E-state index contributed by atoms with van der Waals surface area (Å²) < 4.78 is 5.34. The summed E-state index contributed by atoms with van der Waals surface area (Å²) in [4.78, 5) is 0. The summed E-state index contributed by atoms with van der Waals surface area (Å²) in [5.74, 6) is 0.917. The lowest BCUT2D eigenvalue weighted by Crippen LogP contribution is -2.33. The van der Waals surface area contributed by atoms with Crippen LogP contribution in [0.1, 0.15) is 30.5 Å². The standard InChI is InChI=1S/C15H23NO2S/c1-10(9-17)19-14-7-5-11-4-6-12(18-3)8-13(11)15(14)16-2/h4,6,8,10,14-17H,5,7,9H2,1-3H3. The van der Waals surface area contributed by atoms with E-state index in [4.69, 9.17) is 4.74 Å². The van der Waals surface area contributed by atoms with Gasteiger partial charge in [0.2, 0.25) is 0 Å². The Balaban J connectivity index is 2.24. The van der Waals surface area contributed by atoms with Crippen LogP contribution in [0.4, 0.5) is 0 Å². The van der Waals surface area contributed by atoms with Gasteiger partial charge in [0.1, 0.15) is 5.75 Å². The summed E-state index contributed by atoms with van der Waals surface area (Å²) in [6, 6.07) is 6.69. The highest BCUT2D eigenvalue weighted by Crippen LogP contribution is 2.39. The van der Waals surface area contributed by atoms with Crippen LogP contribution < -0.4 is 10.1 Å². The Bertz CT molecular complexity index is 425. The number of hydrogen-bond donors (Lipinski definition) is 2. The molecule has 1 aromatic rings. The predicted molar refractivity (Wildman–Crippen MR) is 81.0 cm³/mol. The minimum absolute atomic E-state index is 0.239. The van der Waals surface area contributed by atoms with Gasteiger partial charge in [-0.3, -0.25) is 0 Å². The molecule has 0 saturated carbocycles. The zero-order valence-electron chi connectivity index (χ0n) is 11.8. The first-order valence-electron chi connectivity index (χ1n) is 6.80. The van der Waals surface area contributed by atoms with Gasteiger partial charge >= 0.3 is 0 Å². The van der Waals surface area contributed by atoms with E-state index < -0.39 is 0 Å². The van der Waals surface area contributed by atoms with Gasteiger partial charge in [-0.15, -0.1) is 0 Å². The van der Waals surface area contributed by atoms with Crippen LogP contribution >= 0.6 is 11.8 Å². The summed E-state index contributed by atoms with van der Waals surface area (Å²) in [5.41, 5.74) is 2.75. The van der Waals surface area contributed by atoms with Crippen molar-refractivity contribution in [3.8, 4) is 5.75 Å². The van der Waals surface area contributed by atoms with Gasteiger partial charge in [0.15, 0.2) is 0 Å². The Labute approximate surface area is 119 Å². The molecule has 3 unspecified atom stereocenters.